The number of halogens is 1. The van der Waals surface area contributed by atoms with Crippen molar-refractivity contribution < 1.29 is 9.13 Å². The number of hydrogen-bond donors (Lipinski definition) is 1. The molecule has 0 spiro atoms. The van der Waals surface area contributed by atoms with Crippen LogP contribution in [0.5, 0.6) is 5.88 Å². The molecule has 0 saturated heterocycles. The molecule has 166 valence electrons. The fourth-order valence-corrected chi connectivity index (χ4v) is 4.46. The van der Waals surface area contributed by atoms with Crippen molar-refractivity contribution in [3.8, 4) is 11.9 Å². The quantitative estimate of drug-likeness (QED) is 0.388. The summed E-state index contributed by atoms with van der Waals surface area (Å²) in [6.07, 6.45) is 5.60. The van der Waals surface area contributed by atoms with Crippen molar-refractivity contribution in [1.29, 1.82) is 5.26 Å². The Balaban J connectivity index is 1.57. The van der Waals surface area contributed by atoms with E-state index in [4.69, 9.17) is 9.84 Å². The summed E-state index contributed by atoms with van der Waals surface area (Å²) in [6.45, 7) is 0.373. The second kappa shape index (κ2) is 9.29. The highest BCUT2D eigenvalue weighted by atomic mass is 19.1. The first-order chi connectivity index (χ1) is 16.2. The van der Waals surface area contributed by atoms with Gasteiger partial charge in [-0.1, -0.05) is 43.2 Å². The van der Waals surface area contributed by atoms with E-state index < -0.39 is 0 Å². The molecule has 1 fully saturated rings. The number of nitrogens with zero attached hydrogens (tertiary/aromatic N) is 4. The molecule has 2 aromatic heterocycles. The molecule has 1 aliphatic rings. The molecular weight excluding hydrogens is 417 g/mol. The van der Waals surface area contributed by atoms with Crippen LogP contribution in [0.3, 0.4) is 0 Å². The first-order valence-electron chi connectivity index (χ1n) is 11.2. The second-order valence-electron chi connectivity index (χ2n) is 8.30. The first kappa shape index (κ1) is 21.0. The van der Waals surface area contributed by atoms with Crippen LogP contribution in [-0.4, -0.2) is 14.8 Å². The third-order valence-electron chi connectivity index (χ3n) is 6.12. The van der Waals surface area contributed by atoms with Gasteiger partial charge in [0.15, 0.2) is 5.82 Å². The number of anilines is 2. The molecule has 1 unspecified atom stereocenters. The highest BCUT2D eigenvalue weighted by Gasteiger charge is 2.30. The Labute approximate surface area is 191 Å². The number of pyridine rings is 1. The first-order valence-corrected chi connectivity index (χ1v) is 11.2. The van der Waals surface area contributed by atoms with Gasteiger partial charge in [-0.3, -0.25) is 4.68 Å². The minimum Gasteiger partial charge on any atom is -0.472 e. The van der Waals surface area contributed by atoms with E-state index in [1.807, 2.05) is 41.1 Å². The van der Waals surface area contributed by atoms with Gasteiger partial charge in [0.1, 0.15) is 17.8 Å². The van der Waals surface area contributed by atoms with Crippen LogP contribution in [0.2, 0.25) is 0 Å². The summed E-state index contributed by atoms with van der Waals surface area (Å²) in [7, 11) is 0. The zero-order chi connectivity index (χ0) is 22.6. The van der Waals surface area contributed by atoms with Gasteiger partial charge < -0.3 is 10.1 Å². The predicted molar refractivity (Wildman–Crippen MR) is 125 cm³/mol. The van der Waals surface area contributed by atoms with E-state index in [9.17, 15) is 9.65 Å². The van der Waals surface area contributed by atoms with Crippen molar-refractivity contribution in [3.05, 3.63) is 78.2 Å². The molecule has 4 aromatic rings. The lowest BCUT2D eigenvalue weighted by Crippen LogP contribution is -2.23. The molecule has 0 bridgehead atoms. The Morgan fingerprint density at radius 3 is 2.64 bits per heavy atom. The van der Waals surface area contributed by atoms with Crippen LogP contribution >= 0.6 is 0 Å². The van der Waals surface area contributed by atoms with Crippen molar-refractivity contribution in [2.24, 2.45) is 5.92 Å². The van der Waals surface area contributed by atoms with Gasteiger partial charge >= 0.3 is 0 Å². The zero-order valence-corrected chi connectivity index (χ0v) is 18.1. The van der Waals surface area contributed by atoms with E-state index in [-0.39, 0.29) is 17.8 Å². The van der Waals surface area contributed by atoms with Gasteiger partial charge in [0, 0.05) is 11.9 Å². The average molecular weight is 442 g/mol. The molecule has 0 aliphatic heterocycles. The summed E-state index contributed by atoms with van der Waals surface area (Å²) in [5, 5.41) is 18.7. The second-order valence-corrected chi connectivity index (χ2v) is 8.30. The number of ether oxygens (including phenoxy) is 1. The fraction of sp³-hybridized carbons (Fsp3) is 0.269. The van der Waals surface area contributed by atoms with Gasteiger partial charge in [-0.2, -0.15) is 10.4 Å². The Hall–Kier alpha value is -3.92. The fourth-order valence-electron chi connectivity index (χ4n) is 4.46. The normalized spacial score (nSPS) is 18.1. The summed E-state index contributed by atoms with van der Waals surface area (Å²) in [5.74, 6) is 0.650. The molecular formula is C26H24FN5O. The monoisotopic (exact) mass is 441 g/mol. The molecule has 6 nitrogen and oxygen atoms in total. The van der Waals surface area contributed by atoms with Crippen LogP contribution in [-0.2, 0) is 6.61 Å². The van der Waals surface area contributed by atoms with Gasteiger partial charge in [-0.15, -0.1) is 0 Å². The number of fused-ring (bicyclic) bond motifs is 1. The molecule has 0 radical (unpaired) electrons. The number of aromatic nitrogens is 3. The molecule has 2 heterocycles. The number of hydrogen-bond acceptors (Lipinski definition) is 5. The summed E-state index contributed by atoms with van der Waals surface area (Å²) in [5.41, 5.74) is 2.61. The lowest BCUT2D eigenvalue weighted by Gasteiger charge is -2.27. The SMILES string of the molecule is N#C[C@@H]1CCCCC1n1nc(Nc2ccc(F)cc2)c2c(OCc3ccccc3)nccc21. The van der Waals surface area contributed by atoms with Crippen molar-refractivity contribution in [2.75, 3.05) is 5.32 Å². The van der Waals surface area contributed by atoms with Crippen LogP contribution in [0.1, 0.15) is 37.3 Å². The summed E-state index contributed by atoms with van der Waals surface area (Å²) in [6, 6.07) is 20.4. The Kier molecular flexibility index (Phi) is 5.90. The predicted octanol–water partition coefficient (Wildman–Crippen LogP) is 6.15. The van der Waals surface area contributed by atoms with Gasteiger partial charge in [-0.25, -0.2) is 9.37 Å². The highest BCUT2D eigenvalue weighted by Crippen LogP contribution is 2.39. The molecule has 33 heavy (non-hydrogen) atoms. The number of rotatable bonds is 6. The Morgan fingerprint density at radius 1 is 1.06 bits per heavy atom. The molecule has 2 atom stereocenters. The van der Waals surface area contributed by atoms with Crippen molar-refractivity contribution in [1.82, 2.24) is 14.8 Å². The van der Waals surface area contributed by atoms with Gasteiger partial charge in [0.05, 0.1) is 23.5 Å². The van der Waals surface area contributed by atoms with Crippen molar-refractivity contribution in [2.45, 2.75) is 38.3 Å². The Morgan fingerprint density at radius 2 is 1.85 bits per heavy atom. The van der Waals surface area contributed by atoms with Crippen LogP contribution in [0.4, 0.5) is 15.9 Å². The number of nitriles is 1. The summed E-state index contributed by atoms with van der Waals surface area (Å²) in [4.78, 5) is 4.50. The number of nitrogens with one attached hydrogen (secondary N) is 1. The van der Waals surface area contributed by atoms with Crippen LogP contribution < -0.4 is 10.1 Å². The molecule has 1 aliphatic carbocycles. The van der Waals surface area contributed by atoms with E-state index in [0.717, 1.165) is 42.1 Å². The zero-order valence-electron chi connectivity index (χ0n) is 18.1. The standard InChI is InChI=1S/C26H24FN5O/c27-20-10-12-21(13-11-20)30-25-24-23(32(31-25)22-9-5-4-8-19(22)16-28)14-15-29-26(24)33-17-18-6-2-1-3-7-18/h1-3,6-7,10-15,19,22H,4-5,8-9,17H2,(H,30,31)/t19-,22?/m0/s1. The largest absolute Gasteiger partial charge is 0.472 e. The topological polar surface area (TPSA) is 75.8 Å². The molecule has 7 heteroatoms. The van der Waals surface area contributed by atoms with Gasteiger partial charge in [-0.05, 0) is 48.7 Å². The maximum Gasteiger partial charge on any atom is 0.227 e. The van der Waals surface area contributed by atoms with E-state index in [0.29, 0.717) is 24.0 Å². The maximum absolute atomic E-state index is 13.4. The third kappa shape index (κ3) is 4.37. The lowest BCUT2D eigenvalue weighted by molar-refractivity contribution is 0.277. The van der Waals surface area contributed by atoms with E-state index in [1.54, 1.807) is 18.3 Å². The van der Waals surface area contributed by atoms with E-state index in [2.05, 4.69) is 16.4 Å². The van der Waals surface area contributed by atoms with Crippen LogP contribution in [0, 0.1) is 23.1 Å². The van der Waals surface area contributed by atoms with Gasteiger partial charge in [0.2, 0.25) is 5.88 Å². The summed E-state index contributed by atoms with van der Waals surface area (Å²) < 4.78 is 21.5. The smallest absolute Gasteiger partial charge is 0.227 e. The van der Waals surface area contributed by atoms with Crippen LogP contribution in [0.15, 0.2) is 66.9 Å². The van der Waals surface area contributed by atoms with Gasteiger partial charge in [0.25, 0.3) is 0 Å². The lowest BCUT2D eigenvalue weighted by atomic mass is 9.85. The minimum absolute atomic E-state index is 0.0145. The molecule has 1 N–H and O–H groups in total. The van der Waals surface area contributed by atoms with Crippen molar-refractivity contribution >= 4 is 22.4 Å². The third-order valence-corrected chi connectivity index (χ3v) is 6.12. The van der Waals surface area contributed by atoms with Crippen LogP contribution in [0.25, 0.3) is 10.9 Å². The Bertz CT molecular complexity index is 1280. The van der Waals surface area contributed by atoms with E-state index >= 15 is 0 Å². The van der Waals surface area contributed by atoms with Crippen molar-refractivity contribution in [3.63, 3.8) is 0 Å². The van der Waals surface area contributed by atoms with E-state index in [1.165, 1.54) is 12.1 Å². The molecule has 5 rings (SSSR count). The highest BCUT2D eigenvalue weighted by molar-refractivity contribution is 5.96. The maximum atomic E-state index is 13.4. The number of benzene rings is 2. The average Bonchev–Trinajstić information content (AvgIpc) is 3.23. The summed E-state index contributed by atoms with van der Waals surface area (Å²) >= 11 is 0. The molecule has 0 amide bonds. The molecule has 2 aromatic carbocycles. The molecule has 1 saturated carbocycles. The minimum atomic E-state index is -0.302.